The molecule has 2 aliphatic heterocycles. The molecule has 2 rings (SSSR count). The van der Waals surface area contributed by atoms with Gasteiger partial charge in [-0.25, -0.2) is 0 Å². The van der Waals surface area contributed by atoms with E-state index in [2.05, 4.69) is 29.0 Å². The molecule has 0 bridgehead atoms. The van der Waals surface area contributed by atoms with Crippen molar-refractivity contribution in [1.29, 1.82) is 0 Å². The Kier molecular flexibility index (Phi) is 6.30. The second-order valence-corrected chi connectivity index (χ2v) is 6.40. The van der Waals surface area contributed by atoms with E-state index in [-0.39, 0.29) is 6.04 Å². The number of nitrogens with zero attached hydrogens (tertiary/aromatic N) is 2. The molecule has 20 heavy (non-hydrogen) atoms. The summed E-state index contributed by atoms with van der Waals surface area (Å²) in [7, 11) is 0. The number of hydrogen-bond acceptors (Lipinski definition) is 3. The zero-order valence-electron chi connectivity index (χ0n) is 13.2. The summed E-state index contributed by atoms with van der Waals surface area (Å²) in [4.78, 5) is 17.1. The summed E-state index contributed by atoms with van der Waals surface area (Å²) < 4.78 is 0. The van der Waals surface area contributed by atoms with Crippen LogP contribution in [0.1, 0.15) is 46.0 Å². The van der Waals surface area contributed by atoms with Gasteiger partial charge >= 0.3 is 0 Å². The maximum atomic E-state index is 12.6. The molecule has 1 atom stereocenters. The summed E-state index contributed by atoms with van der Waals surface area (Å²) in [5.41, 5.74) is 0. The summed E-state index contributed by atoms with van der Waals surface area (Å²) in [6.45, 7) is 10.7. The summed E-state index contributed by atoms with van der Waals surface area (Å²) >= 11 is 0. The van der Waals surface area contributed by atoms with Gasteiger partial charge in [-0.1, -0.05) is 6.92 Å². The van der Waals surface area contributed by atoms with Gasteiger partial charge in [-0.2, -0.15) is 0 Å². The van der Waals surface area contributed by atoms with Gasteiger partial charge in [0, 0.05) is 19.6 Å². The molecule has 1 amide bonds. The number of rotatable bonds is 6. The molecule has 2 aliphatic rings. The van der Waals surface area contributed by atoms with E-state index in [0.29, 0.717) is 5.91 Å². The zero-order valence-corrected chi connectivity index (χ0v) is 13.2. The topological polar surface area (TPSA) is 35.6 Å². The van der Waals surface area contributed by atoms with Gasteiger partial charge in [0.25, 0.3) is 0 Å². The number of nitrogens with one attached hydrogen (secondary N) is 1. The van der Waals surface area contributed by atoms with E-state index >= 15 is 0 Å². The molecule has 4 nitrogen and oxygen atoms in total. The summed E-state index contributed by atoms with van der Waals surface area (Å²) in [6.07, 6.45) is 6.00. The minimum atomic E-state index is 0.0583. The van der Waals surface area contributed by atoms with Crippen LogP contribution in [-0.4, -0.2) is 61.0 Å². The lowest BCUT2D eigenvalue weighted by Crippen LogP contribution is -2.49. The van der Waals surface area contributed by atoms with E-state index in [1.165, 1.54) is 25.7 Å². The fourth-order valence-electron chi connectivity index (χ4n) is 3.48. The zero-order chi connectivity index (χ0) is 14.4. The maximum Gasteiger partial charge on any atom is 0.239 e. The average Bonchev–Trinajstić information content (AvgIpc) is 3.00. The van der Waals surface area contributed by atoms with E-state index < -0.39 is 0 Å². The fourth-order valence-corrected chi connectivity index (χ4v) is 3.48. The highest BCUT2D eigenvalue weighted by atomic mass is 16.2. The van der Waals surface area contributed by atoms with Crippen LogP contribution in [0.3, 0.4) is 0 Å². The van der Waals surface area contributed by atoms with Gasteiger partial charge in [-0.05, 0) is 64.6 Å². The van der Waals surface area contributed by atoms with Crippen LogP contribution in [0.4, 0.5) is 0 Å². The Morgan fingerprint density at radius 3 is 2.55 bits per heavy atom. The highest BCUT2D eigenvalue weighted by Crippen LogP contribution is 2.18. The second-order valence-electron chi connectivity index (χ2n) is 6.40. The molecule has 0 aromatic rings. The van der Waals surface area contributed by atoms with Gasteiger partial charge in [0.15, 0.2) is 0 Å². The molecule has 1 unspecified atom stereocenters. The van der Waals surface area contributed by atoms with Crippen LogP contribution < -0.4 is 5.32 Å². The normalized spacial score (nSPS) is 22.4. The van der Waals surface area contributed by atoms with Crippen LogP contribution in [0, 0.1) is 5.92 Å². The lowest BCUT2D eigenvalue weighted by molar-refractivity contribution is -0.135. The highest BCUT2D eigenvalue weighted by Gasteiger charge is 2.29. The Hall–Kier alpha value is -0.610. The predicted molar refractivity (Wildman–Crippen MR) is 82.7 cm³/mol. The van der Waals surface area contributed by atoms with Crippen LogP contribution >= 0.6 is 0 Å². The molecule has 4 heteroatoms. The lowest BCUT2D eigenvalue weighted by atomic mass is 9.96. The van der Waals surface area contributed by atoms with Gasteiger partial charge in [0.2, 0.25) is 5.91 Å². The van der Waals surface area contributed by atoms with Gasteiger partial charge in [-0.3, -0.25) is 9.69 Å². The number of hydrogen-bond donors (Lipinski definition) is 1. The van der Waals surface area contributed by atoms with Crippen LogP contribution in [-0.2, 0) is 4.79 Å². The van der Waals surface area contributed by atoms with Crippen LogP contribution in [0.2, 0.25) is 0 Å². The average molecular weight is 281 g/mol. The quantitative estimate of drug-likeness (QED) is 0.805. The predicted octanol–water partition coefficient (Wildman–Crippen LogP) is 1.71. The van der Waals surface area contributed by atoms with E-state index in [1.807, 2.05) is 0 Å². The molecule has 0 aromatic heterocycles. The minimum absolute atomic E-state index is 0.0583. The van der Waals surface area contributed by atoms with E-state index in [9.17, 15) is 4.79 Å². The van der Waals surface area contributed by atoms with Gasteiger partial charge in [-0.15, -0.1) is 0 Å². The number of carbonyl (C=O) groups excluding carboxylic acids is 1. The molecule has 1 N–H and O–H groups in total. The Labute approximate surface area is 123 Å². The first kappa shape index (κ1) is 15.8. The Bertz CT molecular complexity index is 296. The number of likely N-dealkylation sites (tertiary alicyclic amines) is 1. The standard InChI is InChI=1S/C16H31N3O/c1-3-10-19(13-15-6-8-17-9-7-15)14(2)16(20)18-11-4-5-12-18/h14-15,17H,3-13H2,1-2H3. The van der Waals surface area contributed by atoms with Crippen molar-refractivity contribution in [2.75, 3.05) is 39.3 Å². The van der Waals surface area contributed by atoms with Crippen molar-refractivity contribution >= 4 is 5.91 Å². The van der Waals surface area contributed by atoms with Crippen LogP contribution in [0.15, 0.2) is 0 Å². The molecule has 2 heterocycles. The van der Waals surface area contributed by atoms with Gasteiger partial charge in [0.1, 0.15) is 0 Å². The number of amides is 1. The maximum absolute atomic E-state index is 12.6. The largest absolute Gasteiger partial charge is 0.341 e. The van der Waals surface area contributed by atoms with Crippen molar-refractivity contribution in [3.63, 3.8) is 0 Å². The van der Waals surface area contributed by atoms with Gasteiger partial charge in [0.05, 0.1) is 6.04 Å². The summed E-state index contributed by atoms with van der Waals surface area (Å²) in [5, 5.41) is 3.42. The SMILES string of the molecule is CCCN(CC1CCNCC1)C(C)C(=O)N1CCCC1. The molecule has 0 saturated carbocycles. The highest BCUT2D eigenvalue weighted by molar-refractivity contribution is 5.81. The summed E-state index contributed by atoms with van der Waals surface area (Å²) in [5.74, 6) is 1.11. The first-order valence-corrected chi connectivity index (χ1v) is 8.46. The Balaban J connectivity index is 1.89. The third-order valence-corrected chi connectivity index (χ3v) is 4.79. The lowest BCUT2D eigenvalue weighted by Gasteiger charge is -2.35. The smallest absolute Gasteiger partial charge is 0.239 e. The third kappa shape index (κ3) is 4.19. The van der Waals surface area contributed by atoms with Crippen molar-refractivity contribution < 1.29 is 4.79 Å². The Morgan fingerprint density at radius 1 is 1.30 bits per heavy atom. The monoisotopic (exact) mass is 281 g/mol. The van der Waals surface area contributed by atoms with E-state index in [4.69, 9.17) is 0 Å². The molecule has 0 aliphatic carbocycles. The van der Waals surface area contributed by atoms with Crippen LogP contribution in [0.25, 0.3) is 0 Å². The van der Waals surface area contributed by atoms with Crippen molar-refractivity contribution in [3.8, 4) is 0 Å². The number of piperidine rings is 1. The molecule has 0 radical (unpaired) electrons. The summed E-state index contributed by atoms with van der Waals surface area (Å²) in [6, 6.07) is 0.0583. The van der Waals surface area contributed by atoms with Crippen LogP contribution in [0.5, 0.6) is 0 Å². The molecule has 2 fully saturated rings. The number of carbonyl (C=O) groups is 1. The molecule has 116 valence electrons. The molecule has 0 aromatic carbocycles. The first-order chi connectivity index (χ1) is 9.72. The van der Waals surface area contributed by atoms with E-state index in [0.717, 1.165) is 51.6 Å². The second kappa shape index (κ2) is 7.99. The first-order valence-electron chi connectivity index (χ1n) is 8.46. The van der Waals surface area contributed by atoms with E-state index in [1.54, 1.807) is 0 Å². The van der Waals surface area contributed by atoms with Crippen molar-refractivity contribution in [2.45, 2.75) is 52.0 Å². The van der Waals surface area contributed by atoms with Crippen molar-refractivity contribution in [2.24, 2.45) is 5.92 Å². The molecular formula is C16H31N3O. The van der Waals surface area contributed by atoms with Crippen molar-refractivity contribution in [3.05, 3.63) is 0 Å². The molecular weight excluding hydrogens is 250 g/mol. The van der Waals surface area contributed by atoms with Crippen molar-refractivity contribution in [1.82, 2.24) is 15.1 Å². The molecule has 2 saturated heterocycles. The third-order valence-electron chi connectivity index (χ3n) is 4.79. The minimum Gasteiger partial charge on any atom is -0.341 e. The van der Waals surface area contributed by atoms with Gasteiger partial charge < -0.3 is 10.2 Å². The fraction of sp³-hybridized carbons (Fsp3) is 0.938. The Morgan fingerprint density at radius 2 is 1.95 bits per heavy atom. The molecule has 0 spiro atoms.